The zero-order valence-electron chi connectivity index (χ0n) is 13.4. The van der Waals surface area contributed by atoms with Gasteiger partial charge in [0.05, 0.1) is 13.0 Å². The summed E-state index contributed by atoms with van der Waals surface area (Å²) in [6.07, 6.45) is -0.107. The Balaban J connectivity index is 2.47. The van der Waals surface area contributed by atoms with Crippen LogP contribution in [0.4, 0.5) is 4.39 Å². The molecular weight excluding hydrogens is 352 g/mol. The average molecular weight is 370 g/mol. The van der Waals surface area contributed by atoms with Crippen molar-refractivity contribution in [3.63, 3.8) is 0 Å². The van der Waals surface area contributed by atoms with Crippen LogP contribution >= 0.6 is 23.2 Å². The largest absolute Gasteiger partial charge is 0.466 e. The molecule has 0 aromatic heterocycles. The van der Waals surface area contributed by atoms with Gasteiger partial charge in [0, 0.05) is 27.2 Å². The Morgan fingerprint density at radius 2 is 1.92 bits per heavy atom. The SMILES string of the molecule is CCOC(=O)C[C@H](N)c1cc(-c2c(Cl)cccc2Cl)cc(C)c1F. The van der Waals surface area contributed by atoms with E-state index in [0.717, 1.165) is 0 Å². The lowest BCUT2D eigenvalue weighted by molar-refractivity contribution is -0.143. The van der Waals surface area contributed by atoms with Crippen molar-refractivity contribution in [2.75, 3.05) is 6.61 Å². The van der Waals surface area contributed by atoms with Crippen molar-refractivity contribution in [1.82, 2.24) is 0 Å². The van der Waals surface area contributed by atoms with Crippen LogP contribution in [0, 0.1) is 12.7 Å². The molecule has 2 rings (SSSR count). The number of carbonyl (C=O) groups is 1. The van der Waals surface area contributed by atoms with Crippen LogP contribution in [0.5, 0.6) is 0 Å². The normalized spacial score (nSPS) is 12.1. The lowest BCUT2D eigenvalue weighted by atomic mass is 9.95. The van der Waals surface area contributed by atoms with E-state index in [1.165, 1.54) is 0 Å². The van der Waals surface area contributed by atoms with Gasteiger partial charge < -0.3 is 10.5 Å². The Labute approximate surface area is 150 Å². The first kappa shape index (κ1) is 18.7. The Kier molecular flexibility index (Phi) is 6.21. The molecule has 0 radical (unpaired) electrons. The molecule has 2 N–H and O–H groups in total. The van der Waals surface area contributed by atoms with Crippen molar-refractivity contribution >= 4 is 29.2 Å². The summed E-state index contributed by atoms with van der Waals surface area (Å²) in [5, 5.41) is 0.914. The number of aryl methyl sites for hydroxylation is 1. The van der Waals surface area contributed by atoms with E-state index in [1.54, 1.807) is 44.2 Å². The van der Waals surface area contributed by atoms with Gasteiger partial charge in [0.2, 0.25) is 0 Å². The minimum atomic E-state index is -0.816. The van der Waals surface area contributed by atoms with Crippen LogP contribution in [0.2, 0.25) is 10.0 Å². The highest BCUT2D eigenvalue weighted by atomic mass is 35.5. The van der Waals surface area contributed by atoms with Crippen LogP contribution < -0.4 is 5.73 Å². The van der Waals surface area contributed by atoms with Crippen LogP contribution in [-0.2, 0) is 9.53 Å². The summed E-state index contributed by atoms with van der Waals surface area (Å²) >= 11 is 12.5. The highest BCUT2D eigenvalue weighted by molar-refractivity contribution is 6.39. The van der Waals surface area contributed by atoms with Crippen molar-refractivity contribution in [1.29, 1.82) is 0 Å². The molecule has 3 nitrogen and oxygen atoms in total. The molecule has 2 aromatic carbocycles. The maximum absolute atomic E-state index is 14.5. The van der Waals surface area contributed by atoms with E-state index in [2.05, 4.69) is 0 Å². The summed E-state index contributed by atoms with van der Waals surface area (Å²) in [7, 11) is 0. The summed E-state index contributed by atoms with van der Waals surface area (Å²) in [4.78, 5) is 11.6. The van der Waals surface area contributed by atoms with E-state index < -0.39 is 17.8 Å². The van der Waals surface area contributed by atoms with E-state index in [9.17, 15) is 9.18 Å². The quantitative estimate of drug-likeness (QED) is 0.749. The molecule has 0 bridgehead atoms. The van der Waals surface area contributed by atoms with Crippen LogP contribution in [0.3, 0.4) is 0 Å². The molecule has 0 spiro atoms. The smallest absolute Gasteiger partial charge is 0.307 e. The summed E-state index contributed by atoms with van der Waals surface area (Å²) in [6, 6.07) is 7.57. The Morgan fingerprint density at radius 3 is 2.50 bits per heavy atom. The molecule has 24 heavy (non-hydrogen) atoms. The Bertz CT molecular complexity index is 745. The molecule has 0 aliphatic heterocycles. The molecule has 0 saturated heterocycles. The third-order valence-electron chi connectivity index (χ3n) is 3.63. The minimum absolute atomic E-state index is 0.107. The van der Waals surface area contributed by atoms with Crippen molar-refractivity contribution in [3.05, 3.63) is 57.3 Å². The molecular formula is C18H18Cl2FNO2. The second kappa shape index (κ2) is 7.97. The number of ether oxygens (including phenoxy) is 1. The van der Waals surface area contributed by atoms with Gasteiger partial charge in [-0.3, -0.25) is 4.79 Å². The number of rotatable bonds is 5. The second-order valence-electron chi connectivity index (χ2n) is 5.41. The van der Waals surface area contributed by atoms with Gasteiger partial charge in [0.15, 0.2) is 0 Å². The van der Waals surface area contributed by atoms with Gasteiger partial charge in [-0.2, -0.15) is 0 Å². The molecule has 0 unspecified atom stereocenters. The summed E-state index contributed by atoms with van der Waals surface area (Å²) in [5.74, 6) is -0.915. The van der Waals surface area contributed by atoms with Gasteiger partial charge in [-0.05, 0) is 49.2 Å². The van der Waals surface area contributed by atoms with Crippen LogP contribution in [0.25, 0.3) is 11.1 Å². The molecule has 0 saturated carbocycles. The first-order valence-corrected chi connectivity index (χ1v) is 8.26. The van der Waals surface area contributed by atoms with E-state index >= 15 is 0 Å². The average Bonchev–Trinajstić information content (AvgIpc) is 2.50. The van der Waals surface area contributed by atoms with Crippen molar-refractivity contribution in [2.45, 2.75) is 26.3 Å². The number of esters is 1. The maximum atomic E-state index is 14.5. The highest BCUT2D eigenvalue weighted by Gasteiger charge is 2.20. The van der Waals surface area contributed by atoms with E-state index in [0.29, 0.717) is 26.7 Å². The first-order valence-electron chi connectivity index (χ1n) is 7.50. The van der Waals surface area contributed by atoms with Crippen molar-refractivity contribution in [3.8, 4) is 11.1 Å². The topological polar surface area (TPSA) is 52.3 Å². The number of hydrogen-bond donors (Lipinski definition) is 1. The van der Waals surface area contributed by atoms with Gasteiger partial charge in [0.25, 0.3) is 0 Å². The predicted molar refractivity (Wildman–Crippen MR) is 94.8 cm³/mol. The van der Waals surface area contributed by atoms with Crippen molar-refractivity contribution < 1.29 is 13.9 Å². The van der Waals surface area contributed by atoms with Crippen molar-refractivity contribution in [2.24, 2.45) is 5.73 Å². The zero-order chi connectivity index (χ0) is 17.9. The number of halogens is 3. The Morgan fingerprint density at radius 1 is 1.29 bits per heavy atom. The van der Waals surface area contributed by atoms with Gasteiger partial charge >= 0.3 is 5.97 Å². The minimum Gasteiger partial charge on any atom is -0.466 e. The first-order chi connectivity index (χ1) is 11.3. The fraction of sp³-hybridized carbons (Fsp3) is 0.278. The van der Waals surface area contributed by atoms with E-state index in [-0.39, 0.29) is 18.6 Å². The number of nitrogens with two attached hydrogens (primary N) is 1. The third-order valence-corrected chi connectivity index (χ3v) is 4.26. The standard InChI is InChI=1S/C18H18Cl2FNO2/c1-3-24-16(23)9-15(22)12-8-11(7-10(2)18(12)21)17-13(19)5-4-6-14(17)20/h4-8,15H,3,9,22H2,1-2H3/t15-/m0/s1. The molecule has 2 aromatic rings. The number of hydrogen-bond acceptors (Lipinski definition) is 3. The molecule has 0 aliphatic rings. The summed E-state index contributed by atoms with van der Waals surface area (Å²) in [5.41, 5.74) is 7.90. The maximum Gasteiger partial charge on any atom is 0.307 e. The lowest BCUT2D eigenvalue weighted by Crippen LogP contribution is -2.19. The van der Waals surface area contributed by atoms with E-state index in [1.807, 2.05) is 0 Å². The number of benzene rings is 2. The molecule has 0 fully saturated rings. The molecule has 0 amide bonds. The monoisotopic (exact) mass is 369 g/mol. The van der Waals surface area contributed by atoms with E-state index in [4.69, 9.17) is 33.7 Å². The lowest BCUT2D eigenvalue weighted by Gasteiger charge is -2.17. The third kappa shape index (κ3) is 4.07. The second-order valence-corrected chi connectivity index (χ2v) is 6.22. The summed E-state index contributed by atoms with van der Waals surface area (Å²) < 4.78 is 19.4. The fourth-order valence-corrected chi connectivity index (χ4v) is 3.11. The molecule has 0 aliphatic carbocycles. The fourth-order valence-electron chi connectivity index (χ4n) is 2.49. The zero-order valence-corrected chi connectivity index (χ0v) is 14.9. The molecule has 0 heterocycles. The van der Waals surface area contributed by atoms with Gasteiger partial charge in [-0.25, -0.2) is 4.39 Å². The Hall–Kier alpha value is -1.62. The molecule has 6 heteroatoms. The van der Waals surface area contributed by atoms with Crippen LogP contribution in [0.1, 0.15) is 30.5 Å². The van der Waals surface area contributed by atoms with Crippen LogP contribution in [-0.4, -0.2) is 12.6 Å². The highest BCUT2D eigenvalue weighted by Crippen LogP contribution is 2.37. The molecule has 128 valence electrons. The summed E-state index contributed by atoms with van der Waals surface area (Å²) in [6.45, 7) is 3.58. The van der Waals surface area contributed by atoms with Gasteiger partial charge in [-0.1, -0.05) is 29.3 Å². The molecule has 1 atom stereocenters. The predicted octanol–water partition coefficient (Wildman–Crippen LogP) is 5.06. The van der Waals surface area contributed by atoms with Gasteiger partial charge in [-0.15, -0.1) is 0 Å². The van der Waals surface area contributed by atoms with Crippen LogP contribution in [0.15, 0.2) is 30.3 Å². The number of carbonyl (C=O) groups excluding carboxylic acids is 1. The van der Waals surface area contributed by atoms with Gasteiger partial charge in [0.1, 0.15) is 5.82 Å².